The number of aromatic nitrogens is 1. The molecule has 1 heterocycles. The predicted octanol–water partition coefficient (Wildman–Crippen LogP) is -1.13. The van der Waals surface area contributed by atoms with Gasteiger partial charge < -0.3 is 27.2 Å². The Bertz CT molecular complexity index is 644. The molecule has 0 radical (unpaired) electrons. The van der Waals surface area contributed by atoms with E-state index in [2.05, 4.69) is 0 Å². The van der Waals surface area contributed by atoms with Gasteiger partial charge in [-0.1, -0.05) is 11.6 Å². The molecule has 0 saturated heterocycles. The van der Waals surface area contributed by atoms with Crippen LogP contribution >= 0.6 is 11.6 Å². The van der Waals surface area contributed by atoms with Crippen molar-refractivity contribution in [3.05, 3.63) is 64.9 Å². The van der Waals surface area contributed by atoms with Crippen LogP contribution in [0, 0.1) is 0 Å². The number of rotatable bonds is 5. The zero-order chi connectivity index (χ0) is 15.2. The fourth-order valence-electron chi connectivity index (χ4n) is 1.81. The minimum atomic E-state index is -0.367. The molecule has 23 heavy (non-hydrogen) atoms. The van der Waals surface area contributed by atoms with E-state index >= 15 is 0 Å². The molecule has 1 aromatic heterocycles. The van der Waals surface area contributed by atoms with E-state index in [0.717, 1.165) is 0 Å². The van der Waals surface area contributed by atoms with Crippen LogP contribution in [0.2, 0.25) is 5.02 Å². The van der Waals surface area contributed by atoms with Crippen molar-refractivity contribution in [1.29, 1.82) is 0 Å². The molecule has 7 heteroatoms. The third-order valence-electron chi connectivity index (χ3n) is 2.89. The molecule has 124 valence electrons. The highest BCUT2D eigenvalue weighted by atomic mass is 79.9. The zero-order valence-electron chi connectivity index (χ0n) is 12.5. The van der Waals surface area contributed by atoms with Crippen LogP contribution in [0.15, 0.2) is 48.8 Å². The standard InChI is InChI=1S/C16H15ClNO3.BrH.H2O/c1-2-21-16(20)13-7-9-18(10-8-13)11-15(19)12-3-5-14(17)6-4-12;;/h3-10H,2,11H2,1H3;1H;1H2/q+1;;/p-1. The Labute approximate surface area is 149 Å². The highest BCUT2D eigenvalue weighted by molar-refractivity contribution is 6.30. The quantitative estimate of drug-likeness (QED) is 0.360. The summed E-state index contributed by atoms with van der Waals surface area (Å²) in [6, 6.07) is 10.0. The number of nitrogens with zero attached hydrogens (tertiary/aromatic N) is 1. The van der Waals surface area contributed by atoms with Crippen molar-refractivity contribution in [2.24, 2.45) is 0 Å². The molecule has 1 aromatic carbocycles. The number of esters is 1. The molecule has 0 saturated carbocycles. The molecule has 0 amide bonds. The van der Waals surface area contributed by atoms with Crippen molar-refractivity contribution in [2.75, 3.05) is 6.61 Å². The van der Waals surface area contributed by atoms with Crippen molar-refractivity contribution in [2.45, 2.75) is 13.5 Å². The van der Waals surface area contributed by atoms with Crippen LogP contribution in [0.25, 0.3) is 0 Å². The van der Waals surface area contributed by atoms with Gasteiger partial charge in [-0.15, -0.1) is 0 Å². The summed E-state index contributed by atoms with van der Waals surface area (Å²) in [7, 11) is 0. The molecular weight excluding hydrogens is 386 g/mol. The Morgan fingerprint density at radius 3 is 2.13 bits per heavy atom. The molecule has 0 unspecified atom stereocenters. The number of pyridine rings is 1. The summed E-state index contributed by atoms with van der Waals surface area (Å²) in [5.41, 5.74) is 1.06. The summed E-state index contributed by atoms with van der Waals surface area (Å²) >= 11 is 5.79. The summed E-state index contributed by atoms with van der Waals surface area (Å²) in [4.78, 5) is 23.6. The zero-order valence-corrected chi connectivity index (χ0v) is 14.8. The normalized spacial score (nSPS) is 9.30. The predicted molar refractivity (Wildman–Crippen MR) is 82.0 cm³/mol. The van der Waals surface area contributed by atoms with Crippen LogP contribution < -0.4 is 21.5 Å². The van der Waals surface area contributed by atoms with Gasteiger partial charge in [0.25, 0.3) is 0 Å². The van der Waals surface area contributed by atoms with E-state index in [1.54, 1.807) is 60.3 Å². The lowest BCUT2D eigenvalue weighted by molar-refractivity contribution is -0.683. The first-order valence-corrected chi connectivity index (χ1v) is 6.93. The van der Waals surface area contributed by atoms with Crippen LogP contribution in [0.5, 0.6) is 0 Å². The number of ether oxygens (including phenoxy) is 1. The van der Waals surface area contributed by atoms with E-state index < -0.39 is 0 Å². The van der Waals surface area contributed by atoms with Gasteiger partial charge in [0, 0.05) is 22.7 Å². The molecule has 2 rings (SSSR count). The lowest BCUT2D eigenvalue weighted by atomic mass is 10.1. The Hall–Kier alpha value is -1.76. The number of carbonyl (C=O) groups excluding carboxylic acids is 2. The average molecular weight is 403 g/mol. The summed E-state index contributed by atoms with van der Waals surface area (Å²) in [5.74, 6) is -0.394. The summed E-state index contributed by atoms with van der Waals surface area (Å²) in [5, 5.41) is 0.595. The number of hydrogen-bond acceptors (Lipinski definition) is 3. The average Bonchev–Trinajstić information content (AvgIpc) is 2.49. The van der Waals surface area contributed by atoms with Gasteiger partial charge in [0.15, 0.2) is 12.4 Å². The molecular formula is C16H17BrClNO4. The van der Waals surface area contributed by atoms with Gasteiger partial charge in [-0.3, -0.25) is 4.79 Å². The lowest BCUT2D eigenvalue weighted by Gasteiger charge is -2.01. The molecule has 0 fully saturated rings. The molecule has 2 N–H and O–H groups in total. The first kappa shape index (κ1) is 21.2. The van der Waals surface area contributed by atoms with Crippen LogP contribution in [0.1, 0.15) is 27.6 Å². The number of carbonyl (C=O) groups is 2. The monoisotopic (exact) mass is 401 g/mol. The molecule has 0 bridgehead atoms. The highest BCUT2D eigenvalue weighted by Crippen LogP contribution is 2.10. The van der Waals surface area contributed by atoms with Gasteiger partial charge in [0.2, 0.25) is 12.3 Å². The van der Waals surface area contributed by atoms with Crippen molar-refractivity contribution < 1.29 is 41.4 Å². The third-order valence-corrected chi connectivity index (χ3v) is 3.15. The van der Waals surface area contributed by atoms with E-state index in [0.29, 0.717) is 22.8 Å². The van der Waals surface area contributed by atoms with E-state index in [4.69, 9.17) is 16.3 Å². The Kier molecular flexibility index (Phi) is 9.32. The fraction of sp³-hybridized carbons (Fsp3) is 0.188. The molecule has 0 aliphatic rings. The second-order valence-corrected chi connectivity index (χ2v) is 4.85. The van der Waals surface area contributed by atoms with Gasteiger partial charge in [0.1, 0.15) is 0 Å². The molecule has 5 nitrogen and oxygen atoms in total. The smallest absolute Gasteiger partial charge is 0.338 e. The maximum atomic E-state index is 12.1. The number of benzene rings is 1. The first-order chi connectivity index (χ1) is 10.1. The van der Waals surface area contributed by atoms with Crippen LogP contribution in [-0.4, -0.2) is 23.8 Å². The molecule has 0 spiro atoms. The van der Waals surface area contributed by atoms with E-state index in [9.17, 15) is 9.59 Å². The second-order valence-electron chi connectivity index (χ2n) is 4.41. The molecule has 0 aliphatic carbocycles. The molecule has 0 atom stereocenters. The molecule has 0 aliphatic heterocycles. The Balaban J connectivity index is 0.00000242. The number of ketones is 1. The second kappa shape index (κ2) is 10.1. The van der Waals surface area contributed by atoms with Crippen LogP contribution in [0.3, 0.4) is 0 Å². The maximum Gasteiger partial charge on any atom is 0.338 e. The lowest BCUT2D eigenvalue weighted by Crippen LogP contribution is -3.00. The van der Waals surface area contributed by atoms with Crippen molar-refractivity contribution >= 4 is 23.4 Å². The molecule has 2 aromatic rings. The summed E-state index contributed by atoms with van der Waals surface area (Å²) < 4.78 is 6.61. The number of Topliss-reactive ketones (excluding diaryl/α,β-unsaturated/α-hetero) is 1. The Morgan fingerprint density at radius 2 is 1.61 bits per heavy atom. The Morgan fingerprint density at radius 1 is 1.04 bits per heavy atom. The highest BCUT2D eigenvalue weighted by Gasteiger charge is 2.13. The first-order valence-electron chi connectivity index (χ1n) is 6.55. The van der Waals surface area contributed by atoms with E-state index in [1.165, 1.54) is 0 Å². The van der Waals surface area contributed by atoms with E-state index in [-0.39, 0.29) is 40.8 Å². The van der Waals surface area contributed by atoms with Gasteiger partial charge in [0.05, 0.1) is 12.2 Å². The maximum absolute atomic E-state index is 12.1. The van der Waals surface area contributed by atoms with Gasteiger partial charge >= 0.3 is 5.97 Å². The summed E-state index contributed by atoms with van der Waals surface area (Å²) in [6.45, 7) is 2.29. The van der Waals surface area contributed by atoms with E-state index in [1.807, 2.05) is 0 Å². The van der Waals surface area contributed by atoms with Crippen molar-refractivity contribution in [3.8, 4) is 0 Å². The van der Waals surface area contributed by atoms with Crippen molar-refractivity contribution in [1.82, 2.24) is 0 Å². The van der Waals surface area contributed by atoms with Gasteiger partial charge in [-0.2, -0.15) is 4.57 Å². The van der Waals surface area contributed by atoms with Gasteiger partial charge in [-0.05, 0) is 31.2 Å². The van der Waals surface area contributed by atoms with Gasteiger partial charge in [-0.25, -0.2) is 4.79 Å². The fourth-order valence-corrected chi connectivity index (χ4v) is 1.93. The van der Waals surface area contributed by atoms with Crippen LogP contribution in [0.4, 0.5) is 0 Å². The van der Waals surface area contributed by atoms with Crippen molar-refractivity contribution in [3.63, 3.8) is 0 Å². The number of hydrogen-bond donors (Lipinski definition) is 0. The van der Waals surface area contributed by atoms with Crippen LogP contribution in [-0.2, 0) is 11.3 Å². The third kappa shape index (κ3) is 6.09. The SMILES string of the molecule is CCOC(=O)c1cc[n+](CC(=O)c2ccc(Cl)cc2)cc1.O.[Br-]. The summed E-state index contributed by atoms with van der Waals surface area (Å²) in [6.07, 6.45) is 3.36. The minimum absolute atomic E-state index is 0. The topological polar surface area (TPSA) is 78.8 Å². The number of halogens is 2. The largest absolute Gasteiger partial charge is 1.00 e. The minimum Gasteiger partial charge on any atom is -1.00 e.